The number of hydrogen-bond donors (Lipinski definition) is 1. The van der Waals surface area contributed by atoms with Crippen molar-refractivity contribution in [3.8, 4) is 5.75 Å². The first kappa shape index (κ1) is 16.9. The molecule has 4 heteroatoms. The number of carbonyl (C=O) groups is 1. The van der Waals surface area contributed by atoms with Crippen molar-refractivity contribution in [1.29, 1.82) is 0 Å². The summed E-state index contributed by atoms with van der Waals surface area (Å²) in [6.07, 6.45) is 3.57. The van der Waals surface area contributed by atoms with E-state index in [1.807, 2.05) is 48.7 Å². The van der Waals surface area contributed by atoms with Crippen LogP contribution in [0.1, 0.15) is 38.3 Å². The predicted octanol–water partition coefficient (Wildman–Crippen LogP) is 5.38. The standard InChI is InChI=1S/C22H21NO2S/c1-15-4-2-7-19(10-15)23-22(24)21-11-16(14-26-21)13-25-20-9-8-17-5-3-6-18(17)12-20/h2,4,7-12,14H,3,5-6,13H2,1H3,(H,23,24). The van der Waals surface area contributed by atoms with Crippen LogP contribution in [0.5, 0.6) is 5.75 Å². The first-order valence-corrected chi connectivity index (χ1v) is 9.75. The van der Waals surface area contributed by atoms with Gasteiger partial charge in [-0.1, -0.05) is 18.2 Å². The van der Waals surface area contributed by atoms with Crippen LogP contribution in [0.2, 0.25) is 0 Å². The van der Waals surface area contributed by atoms with Crippen molar-refractivity contribution in [2.45, 2.75) is 32.8 Å². The smallest absolute Gasteiger partial charge is 0.265 e. The first-order chi connectivity index (χ1) is 12.7. The lowest BCUT2D eigenvalue weighted by Gasteiger charge is -2.07. The fraction of sp³-hybridized carbons (Fsp3) is 0.227. The molecule has 0 fully saturated rings. The molecule has 1 aromatic heterocycles. The van der Waals surface area contributed by atoms with E-state index in [0.29, 0.717) is 11.5 Å². The van der Waals surface area contributed by atoms with Gasteiger partial charge in [-0.05, 0) is 78.6 Å². The lowest BCUT2D eigenvalue weighted by molar-refractivity contribution is 0.103. The van der Waals surface area contributed by atoms with Gasteiger partial charge in [0.2, 0.25) is 0 Å². The van der Waals surface area contributed by atoms with Gasteiger partial charge in [0.05, 0.1) is 4.88 Å². The summed E-state index contributed by atoms with van der Waals surface area (Å²) < 4.78 is 5.92. The second kappa shape index (κ2) is 7.34. The zero-order valence-electron chi connectivity index (χ0n) is 14.7. The highest BCUT2D eigenvalue weighted by Gasteiger charge is 2.12. The van der Waals surface area contributed by atoms with Crippen LogP contribution >= 0.6 is 11.3 Å². The van der Waals surface area contributed by atoms with Crippen molar-refractivity contribution in [3.63, 3.8) is 0 Å². The fourth-order valence-electron chi connectivity index (χ4n) is 3.29. The van der Waals surface area contributed by atoms with Crippen LogP contribution in [0.15, 0.2) is 53.9 Å². The minimum atomic E-state index is -0.0793. The maximum Gasteiger partial charge on any atom is 0.265 e. The number of aryl methyl sites for hydroxylation is 3. The van der Waals surface area contributed by atoms with E-state index < -0.39 is 0 Å². The van der Waals surface area contributed by atoms with Crippen LogP contribution in [0.4, 0.5) is 5.69 Å². The molecule has 1 aliphatic rings. The summed E-state index contributed by atoms with van der Waals surface area (Å²) in [6, 6.07) is 16.1. The Balaban J connectivity index is 1.37. The molecule has 0 bridgehead atoms. The van der Waals surface area contributed by atoms with Crippen LogP contribution in [0.3, 0.4) is 0 Å². The van der Waals surface area contributed by atoms with Gasteiger partial charge in [0.15, 0.2) is 0 Å². The molecule has 1 heterocycles. The Hall–Kier alpha value is -2.59. The molecule has 1 N–H and O–H groups in total. The lowest BCUT2D eigenvalue weighted by Crippen LogP contribution is -2.10. The highest BCUT2D eigenvalue weighted by molar-refractivity contribution is 7.12. The summed E-state index contributed by atoms with van der Waals surface area (Å²) in [5.74, 6) is 0.826. The summed E-state index contributed by atoms with van der Waals surface area (Å²) in [5.41, 5.74) is 5.82. The maximum atomic E-state index is 12.4. The van der Waals surface area contributed by atoms with Gasteiger partial charge < -0.3 is 10.1 Å². The zero-order chi connectivity index (χ0) is 17.9. The molecule has 0 saturated carbocycles. The molecule has 132 valence electrons. The number of benzene rings is 2. The molecule has 26 heavy (non-hydrogen) atoms. The number of anilines is 1. The van der Waals surface area contributed by atoms with Crippen LogP contribution in [-0.4, -0.2) is 5.91 Å². The van der Waals surface area contributed by atoms with E-state index in [9.17, 15) is 4.79 Å². The molecule has 0 unspecified atom stereocenters. The van der Waals surface area contributed by atoms with E-state index in [0.717, 1.165) is 29.0 Å². The van der Waals surface area contributed by atoms with Crippen molar-refractivity contribution >= 4 is 22.9 Å². The van der Waals surface area contributed by atoms with Crippen molar-refractivity contribution < 1.29 is 9.53 Å². The van der Waals surface area contributed by atoms with E-state index in [2.05, 4.69) is 17.4 Å². The number of fused-ring (bicyclic) bond motifs is 1. The number of carbonyl (C=O) groups excluding carboxylic acids is 1. The SMILES string of the molecule is Cc1cccc(NC(=O)c2cc(COc3ccc4c(c3)CCC4)cs2)c1. The normalized spacial score (nSPS) is 12.7. The molecule has 1 aliphatic carbocycles. The average molecular weight is 363 g/mol. The molecule has 4 rings (SSSR count). The molecule has 3 aromatic rings. The fourth-order valence-corrected chi connectivity index (χ4v) is 4.08. The van der Waals surface area contributed by atoms with Crippen molar-refractivity contribution in [2.24, 2.45) is 0 Å². The van der Waals surface area contributed by atoms with Gasteiger partial charge >= 0.3 is 0 Å². The van der Waals surface area contributed by atoms with E-state index >= 15 is 0 Å². The summed E-state index contributed by atoms with van der Waals surface area (Å²) in [7, 11) is 0. The number of rotatable bonds is 5. The number of nitrogens with one attached hydrogen (secondary N) is 1. The minimum Gasteiger partial charge on any atom is -0.489 e. The topological polar surface area (TPSA) is 38.3 Å². The zero-order valence-corrected chi connectivity index (χ0v) is 15.6. The number of ether oxygens (including phenoxy) is 1. The molecule has 0 aliphatic heterocycles. The summed E-state index contributed by atoms with van der Waals surface area (Å²) >= 11 is 1.44. The average Bonchev–Trinajstić information content (AvgIpc) is 3.29. The quantitative estimate of drug-likeness (QED) is 0.661. The Labute approximate surface area is 157 Å². The van der Waals surface area contributed by atoms with Crippen LogP contribution in [0, 0.1) is 6.92 Å². The highest BCUT2D eigenvalue weighted by atomic mass is 32.1. The van der Waals surface area contributed by atoms with Gasteiger partial charge in [-0.2, -0.15) is 0 Å². The highest BCUT2D eigenvalue weighted by Crippen LogP contribution is 2.27. The Morgan fingerprint density at radius 2 is 2.00 bits per heavy atom. The third-order valence-corrected chi connectivity index (χ3v) is 5.61. The van der Waals surface area contributed by atoms with E-state index in [4.69, 9.17) is 4.74 Å². The van der Waals surface area contributed by atoms with Gasteiger partial charge in [0, 0.05) is 11.3 Å². The Kier molecular flexibility index (Phi) is 4.76. The van der Waals surface area contributed by atoms with Gasteiger partial charge in [0.25, 0.3) is 5.91 Å². The monoisotopic (exact) mass is 363 g/mol. The van der Waals surface area contributed by atoms with Gasteiger partial charge in [-0.25, -0.2) is 0 Å². The molecule has 0 atom stereocenters. The van der Waals surface area contributed by atoms with Crippen LogP contribution < -0.4 is 10.1 Å². The van der Waals surface area contributed by atoms with Crippen molar-refractivity contribution in [1.82, 2.24) is 0 Å². The van der Waals surface area contributed by atoms with E-state index in [1.54, 1.807) is 0 Å². The molecule has 0 radical (unpaired) electrons. The predicted molar refractivity (Wildman–Crippen MR) is 106 cm³/mol. The van der Waals surface area contributed by atoms with Crippen LogP contribution in [0.25, 0.3) is 0 Å². The Morgan fingerprint density at radius 1 is 1.12 bits per heavy atom. The third-order valence-electron chi connectivity index (χ3n) is 4.63. The molecule has 1 amide bonds. The Bertz CT molecular complexity index is 945. The third kappa shape index (κ3) is 3.81. The Morgan fingerprint density at radius 3 is 2.88 bits per heavy atom. The second-order valence-corrected chi connectivity index (χ2v) is 7.63. The van der Waals surface area contributed by atoms with Crippen molar-refractivity contribution in [2.75, 3.05) is 5.32 Å². The van der Waals surface area contributed by atoms with Gasteiger partial charge in [-0.15, -0.1) is 11.3 Å². The van der Waals surface area contributed by atoms with Gasteiger partial charge in [-0.3, -0.25) is 4.79 Å². The molecular formula is C22H21NO2S. The molecule has 2 aromatic carbocycles. The number of thiophene rings is 1. The van der Waals surface area contributed by atoms with Crippen molar-refractivity contribution in [3.05, 3.63) is 81.0 Å². The van der Waals surface area contributed by atoms with E-state index in [1.165, 1.54) is 35.3 Å². The maximum absolute atomic E-state index is 12.4. The molecule has 3 nitrogen and oxygen atoms in total. The largest absolute Gasteiger partial charge is 0.489 e. The van der Waals surface area contributed by atoms with Gasteiger partial charge in [0.1, 0.15) is 12.4 Å². The van der Waals surface area contributed by atoms with E-state index in [-0.39, 0.29) is 5.91 Å². The number of amides is 1. The second-order valence-electron chi connectivity index (χ2n) is 6.72. The minimum absolute atomic E-state index is 0.0793. The molecule has 0 spiro atoms. The molecule has 0 saturated heterocycles. The lowest BCUT2D eigenvalue weighted by atomic mass is 10.1. The first-order valence-electron chi connectivity index (χ1n) is 8.87. The van der Waals surface area contributed by atoms with Crippen LogP contribution in [-0.2, 0) is 19.4 Å². The summed E-state index contributed by atoms with van der Waals surface area (Å²) in [6.45, 7) is 2.49. The summed E-state index contributed by atoms with van der Waals surface area (Å²) in [5, 5.41) is 4.93. The summed E-state index contributed by atoms with van der Waals surface area (Å²) in [4.78, 5) is 13.1. The molecular weight excluding hydrogens is 342 g/mol. The number of hydrogen-bond acceptors (Lipinski definition) is 3.